The average Bonchev–Trinajstić information content (AvgIpc) is 2.49. The van der Waals surface area contributed by atoms with Gasteiger partial charge in [-0.2, -0.15) is 0 Å². The van der Waals surface area contributed by atoms with Crippen molar-refractivity contribution in [3.63, 3.8) is 0 Å². The molecule has 0 aliphatic rings. The van der Waals surface area contributed by atoms with E-state index in [0.29, 0.717) is 0 Å². The average molecular weight is 269 g/mol. The first-order valence-corrected chi connectivity index (χ1v) is 7.26. The van der Waals surface area contributed by atoms with Crippen LogP contribution in [-0.4, -0.2) is 12.6 Å². The summed E-state index contributed by atoms with van der Waals surface area (Å²) < 4.78 is 5.99. The zero-order valence-corrected chi connectivity index (χ0v) is 12.3. The van der Waals surface area contributed by atoms with E-state index < -0.39 is 0 Å². The molecule has 2 rings (SSSR count). The van der Waals surface area contributed by atoms with Gasteiger partial charge >= 0.3 is 0 Å². The minimum absolute atomic E-state index is 0.210. The summed E-state index contributed by atoms with van der Waals surface area (Å²) in [5, 5.41) is 3.46. The molecule has 106 valence electrons. The molecule has 0 spiro atoms. The minimum Gasteiger partial charge on any atom is -0.489 e. The van der Waals surface area contributed by atoms with Crippen LogP contribution in [-0.2, 0) is 6.54 Å². The van der Waals surface area contributed by atoms with Gasteiger partial charge < -0.3 is 10.1 Å². The van der Waals surface area contributed by atoms with Crippen molar-refractivity contribution in [2.24, 2.45) is 0 Å². The zero-order chi connectivity index (χ0) is 14.2. The third kappa shape index (κ3) is 4.71. The number of aryl methyl sites for hydroxylation is 1. The van der Waals surface area contributed by atoms with Crippen molar-refractivity contribution in [3.8, 4) is 5.75 Å². The Morgan fingerprint density at radius 1 is 1.00 bits per heavy atom. The molecule has 2 aromatic carbocycles. The Morgan fingerprint density at radius 3 is 2.35 bits per heavy atom. The lowest BCUT2D eigenvalue weighted by Crippen LogP contribution is -2.30. The maximum atomic E-state index is 5.99. The molecule has 1 N–H and O–H groups in total. The quantitative estimate of drug-likeness (QED) is 0.822. The van der Waals surface area contributed by atoms with E-state index in [-0.39, 0.29) is 6.10 Å². The van der Waals surface area contributed by atoms with Crippen LogP contribution in [0.3, 0.4) is 0 Å². The topological polar surface area (TPSA) is 21.3 Å². The van der Waals surface area contributed by atoms with Crippen molar-refractivity contribution in [1.29, 1.82) is 0 Å². The Kier molecular flexibility index (Phi) is 5.63. The van der Waals surface area contributed by atoms with E-state index in [0.717, 1.165) is 25.3 Å². The lowest BCUT2D eigenvalue weighted by Gasteiger charge is -2.18. The smallest absolute Gasteiger partial charge is 0.119 e. The van der Waals surface area contributed by atoms with Crippen LogP contribution in [0.25, 0.3) is 0 Å². The van der Waals surface area contributed by atoms with Gasteiger partial charge in [-0.3, -0.25) is 0 Å². The maximum Gasteiger partial charge on any atom is 0.119 e. The highest BCUT2D eigenvalue weighted by Gasteiger charge is 2.07. The molecule has 0 aliphatic heterocycles. The maximum absolute atomic E-state index is 5.99. The summed E-state index contributed by atoms with van der Waals surface area (Å²) in [6.07, 6.45) is 1.21. The molecule has 0 bridgehead atoms. The summed E-state index contributed by atoms with van der Waals surface area (Å²) in [6.45, 7) is 5.99. The molecule has 2 heteroatoms. The highest BCUT2D eigenvalue weighted by atomic mass is 16.5. The van der Waals surface area contributed by atoms with Crippen LogP contribution >= 0.6 is 0 Å². The zero-order valence-electron chi connectivity index (χ0n) is 12.3. The molecule has 2 nitrogen and oxygen atoms in total. The third-order valence-electron chi connectivity index (χ3n) is 3.32. The molecule has 0 saturated carbocycles. The van der Waals surface area contributed by atoms with E-state index in [1.807, 2.05) is 18.2 Å². The van der Waals surface area contributed by atoms with Crippen LogP contribution in [0.15, 0.2) is 54.6 Å². The Labute approximate surface area is 121 Å². The predicted octanol–water partition coefficient (Wildman–Crippen LogP) is 3.94. The van der Waals surface area contributed by atoms with Crippen molar-refractivity contribution in [3.05, 3.63) is 65.7 Å². The van der Waals surface area contributed by atoms with E-state index >= 15 is 0 Å². The van der Waals surface area contributed by atoms with Gasteiger partial charge in [-0.05, 0) is 31.0 Å². The molecule has 0 saturated heterocycles. The van der Waals surface area contributed by atoms with Crippen LogP contribution < -0.4 is 10.1 Å². The Hall–Kier alpha value is -1.80. The number of benzene rings is 2. The third-order valence-corrected chi connectivity index (χ3v) is 3.32. The second-order valence-electron chi connectivity index (χ2n) is 5.08. The highest BCUT2D eigenvalue weighted by Crippen LogP contribution is 2.14. The SMILES string of the molecule is CCC(CNCc1ccccc1)Oc1ccc(C)cc1. The fraction of sp³-hybridized carbons (Fsp3) is 0.333. The standard InChI is InChI=1S/C18H23NO/c1-3-17(20-18-11-9-15(2)10-12-18)14-19-13-16-7-5-4-6-8-16/h4-12,17,19H,3,13-14H2,1-2H3. The van der Waals surface area contributed by atoms with Crippen molar-refractivity contribution < 1.29 is 4.74 Å². The van der Waals surface area contributed by atoms with Gasteiger partial charge in [0.25, 0.3) is 0 Å². The largest absolute Gasteiger partial charge is 0.489 e. The molecule has 0 aromatic heterocycles. The fourth-order valence-corrected chi connectivity index (χ4v) is 2.05. The van der Waals surface area contributed by atoms with E-state index in [4.69, 9.17) is 4.74 Å². The summed E-state index contributed by atoms with van der Waals surface area (Å²) in [5.74, 6) is 0.948. The van der Waals surface area contributed by atoms with Gasteiger partial charge in [0.1, 0.15) is 11.9 Å². The molecule has 0 fully saturated rings. The van der Waals surface area contributed by atoms with Gasteiger partial charge in [0, 0.05) is 13.1 Å². The summed E-state index contributed by atoms with van der Waals surface area (Å²) >= 11 is 0. The highest BCUT2D eigenvalue weighted by molar-refractivity contribution is 5.26. The first kappa shape index (κ1) is 14.6. The lowest BCUT2D eigenvalue weighted by molar-refractivity contribution is 0.193. The molecule has 1 unspecified atom stereocenters. The van der Waals surface area contributed by atoms with Gasteiger partial charge in [-0.15, -0.1) is 0 Å². The van der Waals surface area contributed by atoms with Crippen molar-refractivity contribution >= 4 is 0 Å². The summed E-state index contributed by atoms with van der Waals surface area (Å²) in [7, 11) is 0. The molecule has 0 aliphatic carbocycles. The van der Waals surface area contributed by atoms with Crippen LogP contribution in [0.1, 0.15) is 24.5 Å². The van der Waals surface area contributed by atoms with Gasteiger partial charge in [0.05, 0.1) is 0 Å². The summed E-state index contributed by atoms with van der Waals surface area (Å²) in [4.78, 5) is 0. The molecule has 2 aromatic rings. The molecule has 20 heavy (non-hydrogen) atoms. The summed E-state index contributed by atoms with van der Waals surface area (Å²) in [5.41, 5.74) is 2.56. The number of ether oxygens (including phenoxy) is 1. The Bertz CT molecular complexity index is 493. The minimum atomic E-state index is 0.210. The molecular formula is C18H23NO. The summed E-state index contributed by atoms with van der Waals surface area (Å²) in [6, 6.07) is 18.7. The van der Waals surface area contributed by atoms with Crippen LogP contribution in [0, 0.1) is 6.92 Å². The number of rotatable bonds is 7. The van der Waals surface area contributed by atoms with Crippen molar-refractivity contribution in [2.75, 3.05) is 6.54 Å². The molecule has 0 amide bonds. The second-order valence-corrected chi connectivity index (χ2v) is 5.08. The lowest BCUT2D eigenvalue weighted by atomic mass is 10.2. The van der Waals surface area contributed by atoms with Gasteiger partial charge in [-0.25, -0.2) is 0 Å². The fourth-order valence-electron chi connectivity index (χ4n) is 2.05. The number of hydrogen-bond donors (Lipinski definition) is 1. The monoisotopic (exact) mass is 269 g/mol. The van der Waals surface area contributed by atoms with Crippen LogP contribution in [0.5, 0.6) is 5.75 Å². The van der Waals surface area contributed by atoms with E-state index in [1.165, 1.54) is 11.1 Å². The van der Waals surface area contributed by atoms with Gasteiger partial charge in [0.15, 0.2) is 0 Å². The molecule has 0 radical (unpaired) electrons. The van der Waals surface area contributed by atoms with Crippen molar-refractivity contribution in [1.82, 2.24) is 5.32 Å². The Balaban J connectivity index is 1.79. The van der Waals surface area contributed by atoms with Gasteiger partial charge in [-0.1, -0.05) is 55.0 Å². The van der Waals surface area contributed by atoms with Gasteiger partial charge in [0.2, 0.25) is 0 Å². The number of nitrogens with one attached hydrogen (secondary N) is 1. The van der Waals surface area contributed by atoms with Crippen LogP contribution in [0.4, 0.5) is 0 Å². The van der Waals surface area contributed by atoms with E-state index in [1.54, 1.807) is 0 Å². The van der Waals surface area contributed by atoms with E-state index in [2.05, 4.69) is 55.6 Å². The first-order chi connectivity index (χ1) is 9.78. The Morgan fingerprint density at radius 2 is 1.70 bits per heavy atom. The van der Waals surface area contributed by atoms with E-state index in [9.17, 15) is 0 Å². The molecule has 0 heterocycles. The van der Waals surface area contributed by atoms with Crippen molar-refractivity contribution in [2.45, 2.75) is 32.9 Å². The predicted molar refractivity (Wildman–Crippen MR) is 84.0 cm³/mol. The van der Waals surface area contributed by atoms with Crippen LogP contribution in [0.2, 0.25) is 0 Å². The number of hydrogen-bond acceptors (Lipinski definition) is 2. The molecule has 1 atom stereocenters. The normalized spacial score (nSPS) is 12.1. The molecular weight excluding hydrogens is 246 g/mol. The second kappa shape index (κ2) is 7.71. The first-order valence-electron chi connectivity index (χ1n) is 7.26.